The van der Waals surface area contributed by atoms with E-state index in [-0.39, 0.29) is 17.7 Å². The van der Waals surface area contributed by atoms with E-state index in [1.165, 1.54) is 0 Å². The van der Waals surface area contributed by atoms with Gasteiger partial charge in [-0.3, -0.25) is 9.48 Å². The fourth-order valence-electron chi connectivity index (χ4n) is 4.36. The highest BCUT2D eigenvalue weighted by atomic mass is 16.5. The maximum Gasteiger partial charge on any atom is 0.312 e. The van der Waals surface area contributed by atoms with E-state index in [0.717, 1.165) is 22.6 Å². The number of carbonyl (C=O) groups is 1. The third-order valence-corrected chi connectivity index (χ3v) is 6.24. The first-order valence-electron chi connectivity index (χ1n) is 10.7. The van der Waals surface area contributed by atoms with Crippen LogP contribution in [0.25, 0.3) is 17.0 Å². The number of aromatic nitrogens is 8. The average Bonchev–Trinajstić information content (AvgIpc) is 3.64. The van der Waals surface area contributed by atoms with Crippen molar-refractivity contribution in [1.82, 2.24) is 44.5 Å². The molecule has 1 atom stereocenters. The summed E-state index contributed by atoms with van der Waals surface area (Å²) in [6.07, 6.45) is 5.73. The lowest BCUT2D eigenvalue weighted by Crippen LogP contribution is -2.41. The number of aromatic amines is 1. The fraction of sp³-hybridized carbons (Fsp3) is 0.273. The molecule has 0 aromatic carbocycles. The average molecular weight is 459 g/mol. The van der Waals surface area contributed by atoms with Crippen molar-refractivity contribution in [2.75, 3.05) is 13.7 Å². The van der Waals surface area contributed by atoms with Crippen LogP contribution in [-0.4, -0.2) is 64.0 Å². The maximum atomic E-state index is 13.6. The lowest BCUT2D eigenvalue weighted by Gasteiger charge is -2.32. The van der Waals surface area contributed by atoms with Gasteiger partial charge < -0.3 is 19.0 Å². The number of pyridine rings is 1. The van der Waals surface area contributed by atoms with E-state index in [4.69, 9.17) is 14.3 Å². The highest BCUT2D eigenvalue weighted by molar-refractivity contribution is 5.90. The molecule has 1 aliphatic heterocycles. The van der Waals surface area contributed by atoms with Crippen molar-refractivity contribution >= 4 is 11.4 Å². The van der Waals surface area contributed by atoms with E-state index in [1.807, 2.05) is 38.4 Å². The molecule has 1 N–H and O–H groups in total. The number of nitrogens with zero attached hydrogens (tertiary/aromatic N) is 8. The number of hydrogen-bond donors (Lipinski definition) is 1. The fourth-order valence-corrected chi connectivity index (χ4v) is 4.36. The molecule has 12 nitrogen and oxygen atoms in total. The summed E-state index contributed by atoms with van der Waals surface area (Å²) in [5, 5.41) is 17.1. The van der Waals surface area contributed by atoms with E-state index < -0.39 is 6.04 Å². The number of fused-ring (bicyclic) bond motifs is 2. The number of nitrogens with one attached hydrogen (secondary N) is 1. The molecule has 5 aromatic rings. The molecule has 1 aliphatic rings. The van der Waals surface area contributed by atoms with Gasteiger partial charge in [-0.05, 0) is 25.1 Å². The lowest BCUT2D eigenvalue weighted by atomic mass is 9.99. The van der Waals surface area contributed by atoms with Crippen LogP contribution in [0.4, 0.5) is 0 Å². The van der Waals surface area contributed by atoms with Crippen LogP contribution in [0, 0.1) is 6.92 Å². The predicted molar refractivity (Wildman–Crippen MR) is 118 cm³/mol. The zero-order valence-corrected chi connectivity index (χ0v) is 18.8. The number of methoxy groups -OCH3 is 1. The predicted octanol–water partition coefficient (Wildman–Crippen LogP) is 1.95. The summed E-state index contributed by atoms with van der Waals surface area (Å²) in [7, 11) is 3.44. The second kappa shape index (κ2) is 7.54. The van der Waals surface area contributed by atoms with Crippen molar-refractivity contribution in [3.8, 4) is 17.2 Å². The SMILES string of the molecule is COc1cccn2nc([C@@H]3c4nc[nH]c4CCN3C(=O)c3nnc(-c4cnn(C)c4C)o3)cc12. The number of ether oxygens (including phenoxy) is 1. The Hall–Kier alpha value is -4.48. The highest BCUT2D eigenvalue weighted by Crippen LogP contribution is 2.35. The number of amides is 1. The van der Waals surface area contributed by atoms with E-state index in [0.29, 0.717) is 30.0 Å². The minimum Gasteiger partial charge on any atom is -0.494 e. The molecule has 34 heavy (non-hydrogen) atoms. The van der Waals surface area contributed by atoms with Gasteiger partial charge in [-0.2, -0.15) is 10.2 Å². The van der Waals surface area contributed by atoms with Crippen LogP contribution in [0.15, 0.2) is 41.3 Å². The molecular formula is C22H21N9O3. The van der Waals surface area contributed by atoms with Crippen LogP contribution in [0.2, 0.25) is 0 Å². The first kappa shape index (κ1) is 20.1. The number of hydrogen-bond acceptors (Lipinski definition) is 8. The Balaban J connectivity index is 1.41. The monoisotopic (exact) mass is 459 g/mol. The molecule has 5 aromatic heterocycles. The van der Waals surface area contributed by atoms with E-state index in [1.54, 1.807) is 33.7 Å². The second-order valence-corrected chi connectivity index (χ2v) is 8.07. The molecule has 0 radical (unpaired) electrons. The zero-order valence-electron chi connectivity index (χ0n) is 18.8. The van der Waals surface area contributed by atoms with Crippen LogP contribution < -0.4 is 4.74 Å². The van der Waals surface area contributed by atoms with E-state index in [2.05, 4.69) is 25.3 Å². The molecule has 0 fully saturated rings. The number of imidazole rings is 1. The summed E-state index contributed by atoms with van der Waals surface area (Å²) < 4.78 is 14.7. The first-order valence-corrected chi connectivity index (χ1v) is 10.7. The van der Waals surface area contributed by atoms with Crippen LogP contribution >= 0.6 is 0 Å². The molecular weight excluding hydrogens is 438 g/mol. The highest BCUT2D eigenvalue weighted by Gasteiger charge is 2.38. The lowest BCUT2D eigenvalue weighted by molar-refractivity contribution is 0.0646. The first-order chi connectivity index (χ1) is 16.5. The normalized spacial score (nSPS) is 15.6. The number of aryl methyl sites for hydroxylation is 1. The standard InChI is InChI=1S/C22H21N9O3/c1-12-13(10-25-29(12)2)20-26-27-21(34-20)22(32)30-8-6-14-18(24-11-23-14)19(30)15-9-16-17(33-3)5-4-7-31(16)28-15/h4-5,7,9-11,19H,6,8H2,1-3H3,(H,23,24)/t19-/m1/s1. The van der Waals surface area contributed by atoms with Crippen molar-refractivity contribution in [2.24, 2.45) is 7.05 Å². The maximum absolute atomic E-state index is 13.6. The number of rotatable bonds is 4. The van der Waals surface area contributed by atoms with Gasteiger partial charge in [-0.15, -0.1) is 10.2 Å². The van der Waals surface area contributed by atoms with Crippen molar-refractivity contribution in [2.45, 2.75) is 19.4 Å². The van der Waals surface area contributed by atoms with Crippen molar-refractivity contribution in [3.05, 3.63) is 65.6 Å². The van der Waals surface area contributed by atoms with Gasteiger partial charge in [0.2, 0.25) is 0 Å². The van der Waals surface area contributed by atoms with Crippen LogP contribution in [-0.2, 0) is 13.5 Å². The van der Waals surface area contributed by atoms with Crippen molar-refractivity contribution in [3.63, 3.8) is 0 Å². The largest absolute Gasteiger partial charge is 0.494 e. The van der Waals surface area contributed by atoms with Crippen LogP contribution in [0.3, 0.4) is 0 Å². The number of H-pyrrole nitrogens is 1. The molecule has 0 spiro atoms. The quantitative estimate of drug-likeness (QED) is 0.431. The Morgan fingerprint density at radius 3 is 3.00 bits per heavy atom. The van der Waals surface area contributed by atoms with Gasteiger partial charge in [0, 0.05) is 37.6 Å². The Bertz CT molecular complexity index is 1530. The molecule has 0 saturated carbocycles. The summed E-state index contributed by atoms with van der Waals surface area (Å²) in [5.41, 5.74) is 4.71. The molecule has 0 aliphatic carbocycles. The minimum atomic E-state index is -0.525. The molecule has 12 heteroatoms. The molecule has 1 amide bonds. The molecule has 172 valence electrons. The van der Waals surface area contributed by atoms with Gasteiger partial charge in [0.05, 0.1) is 36.6 Å². The van der Waals surface area contributed by atoms with E-state index >= 15 is 0 Å². The van der Waals surface area contributed by atoms with Crippen LogP contribution in [0.5, 0.6) is 5.75 Å². The summed E-state index contributed by atoms with van der Waals surface area (Å²) in [5.74, 6) is 0.456. The Morgan fingerprint density at radius 2 is 2.21 bits per heavy atom. The third kappa shape index (κ3) is 2.99. The van der Waals surface area contributed by atoms with Gasteiger partial charge in [-0.25, -0.2) is 9.50 Å². The van der Waals surface area contributed by atoms with Gasteiger partial charge in [0.1, 0.15) is 17.3 Å². The summed E-state index contributed by atoms with van der Waals surface area (Å²) in [6.45, 7) is 2.33. The van der Waals surface area contributed by atoms with Gasteiger partial charge in [-0.1, -0.05) is 0 Å². The summed E-state index contributed by atoms with van der Waals surface area (Å²) in [6, 6.07) is 5.10. The molecule has 0 bridgehead atoms. The Kier molecular flexibility index (Phi) is 4.47. The van der Waals surface area contributed by atoms with E-state index in [9.17, 15) is 4.79 Å². The van der Waals surface area contributed by atoms with Gasteiger partial charge in [0.25, 0.3) is 5.89 Å². The Labute approximate surface area is 193 Å². The topological polar surface area (TPSA) is 132 Å². The Morgan fingerprint density at radius 1 is 1.32 bits per heavy atom. The zero-order chi connectivity index (χ0) is 23.4. The minimum absolute atomic E-state index is 0.0939. The molecule has 6 rings (SSSR count). The van der Waals surface area contributed by atoms with Gasteiger partial charge in [0.15, 0.2) is 0 Å². The molecule has 0 unspecified atom stereocenters. The van der Waals surface area contributed by atoms with Crippen LogP contribution in [0.1, 0.15) is 39.5 Å². The van der Waals surface area contributed by atoms with Gasteiger partial charge >= 0.3 is 11.8 Å². The molecule has 6 heterocycles. The molecule has 0 saturated heterocycles. The smallest absolute Gasteiger partial charge is 0.312 e. The number of carbonyl (C=O) groups excluding carboxylic acids is 1. The summed E-state index contributed by atoms with van der Waals surface area (Å²) in [4.78, 5) is 23.0. The third-order valence-electron chi connectivity index (χ3n) is 6.24. The van der Waals surface area contributed by atoms with Crippen molar-refractivity contribution < 1.29 is 13.9 Å². The summed E-state index contributed by atoms with van der Waals surface area (Å²) >= 11 is 0. The van der Waals surface area contributed by atoms with Crippen molar-refractivity contribution in [1.29, 1.82) is 0 Å². The second-order valence-electron chi connectivity index (χ2n) is 8.07.